The van der Waals surface area contributed by atoms with Crippen molar-refractivity contribution in [2.75, 3.05) is 29.9 Å². The zero-order valence-corrected chi connectivity index (χ0v) is 22.4. The van der Waals surface area contributed by atoms with E-state index in [1.807, 2.05) is 0 Å². The molecule has 2 fully saturated rings. The lowest BCUT2D eigenvalue weighted by Gasteiger charge is -2.19. The third-order valence-corrected chi connectivity index (χ3v) is 7.19. The quantitative estimate of drug-likeness (QED) is 0.378. The van der Waals surface area contributed by atoms with Crippen LogP contribution in [0.2, 0.25) is 0 Å². The van der Waals surface area contributed by atoms with Crippen LogP contribution in [0.1, 0.15) is 20.7 Å². The van der Waals surface area contributed by atoms with E-state index in [4.69, 9.17) is 0 Å². The van der Waals surface area contributed by atoms with Crippen molar-refractivity contribution in [1.82, 2.24) is 20.9 Å². The lowest BCUT2D eigenvalue weighted by Crippen LogP contribution is -2.45. The van der Waals surface area contributed by atoms with Crippen LogP contribution in [-0.4, -0.2) is 68.6 Å². The first-order chi connectivity index (χ1) is 18.9. The SMILES string of the molecule is C=CCN=C1SCC(=O)N1NC(=O)c1ccc(Nc2ccccc2C(=O)NN2C(=O)CSC2=NCC=C)cc1. The van der Waals surface area contributed by atoms with Crippen LogP contribution >= 0.6 is 23.5 Å². The van der Waals surface area contributed by atoms with Gasteiger partial charge in [-0.15, -0.1) is 13.2 Å². The zero-order valence-electron chi connectivity index (χ0n) is 20.8. The number of aliphatic imine (C=N–C) groups is 2. The largest absolute Gasteiger partial charge is 0.355 e. The predicted molar refractivity (Wildman–Crippen MR) is 155 cm³/mol. The van der Waals surface area contributed by atoms with Crippen LogP contribution in [0.3, 0.4) is 0 Å². The van der Waals surface area contributed by atoms with E-state index < -0.39 is 11.8 Å². The molecule has 0 aliphatic carbocycles. The molecule has 2 aliphatic rings. The van der Waals surface area contributed by atoms with Crippen LogP contribution in [0.15, 0.2) is 83.8 Å². The minimum Gasteiger partial charge on any atom is -0.355 e. The number of para-hydroxylation sites is 1. The highest BCUT2D eigenvalue weighted by Crippen LogP contribution is 2.23. The van der Waals surface area contributed by atoms with Gasteiger partial charge in [-0.1, -0.05) is 47.8 Å². The number of carbonyl (C=O) groups is 4. The number of thioether (sulfide) groups is 2. The molecule has 0 bridgehead atoms. The smallest absolute Gasteiger partial charge is 0.272 e. The van der Waals surface area contributed by atoms with E-state index in [1.165, 1.54) is 23.5 Å². The molecule has 4 amide bonds. The molecular formula is C26H25N7O4S2. The molecule has 0 spiro atoms. The fraction of sp³-hybridized carbons (Fsp3) is 0.154. The Morgan fingerprint density at radius 1 is 0.821 bits per heavy atom. The van der Waals surface area contributed by atoms with Gasteiger partial charge in [-0.2, -0.15) is 10.0 Å². The van der Waals surface area contributed by atoms with Gasteiger partial charge in [0.25, 0.3) is 23.6 Å². The van der Waals surface area contributed by atoms with Gasteiger partial charge in [0.05, 0.1) is 35.8 Å². The monoisotopic (exact) mass is 563 g/mol. The minimum absolute atomic E-state index is 0.184. The van der Waals surface area contributed by atoms with Crippen molar-refractivity contribution >= 4 is 68.9 Å². The molecule has 39 heavy (non-hydrogen) atoms. The van der Waals surface area contributed by atoms with Gasteiger partial charge in [-0.05, 0) is 36.4 Å². The number of amidine groups is 2. The summed E-state index contributed by atoms with van der Waals surface area (Å²) in [6.07, 6.45) is 3.20. The van der Waals surface area contributed by atoms with E-state index in [-0.39, 0.29) is 23.3 Å². The number of carbonyl (C=O) groups excluding carboxylic acids is 4. The first-order valence-corrected chi connectivity index (χ1v) is 13.7. The molecule has 0 radical (unpaired) electrons. The lowest BCUT2D eigenvalue weighted by atomic mass is 10.1. The first-order valence-electron chi connectivity index (χ1n) is 11.7. The Bertz CT molecular complexity index is 1370. The number of nitrogens with zero attached hydrogens (tertiary/aromatic N) is 4. The summed E-state index contributed by atoms with van der Waals surface area (Å²) < 4.78 is 0. The number of hydrogen-bond acceptors (Lipinski definition) is 9. The molecule has 0 unspecified atom stereocenters. The summed E-state index contributed by atoms with van der Waals surface area (Å²) in [5.74, 6) is -1.12. The molecule has 4 rings (SSSR count). The number of nitrogens with one attached hydrogen (secondary N) is 3. The molecule has 200 valence electrons. The molecule has 2 aromatic carbocycles. The Morgan fingerprint density at radius 2 is 1.36 bits per heavy atom. The van der Waals surface area contributed by atoms with Gasteiger partial charge in [-0.3, -0.25) is 40.0 Å². The molecule has 2 aliphatic heterocycles. The summed E-state index contributed by atoms with van der Waals surface area (Å²) >= 11 is 2.49. The number of anilines is 2. The van der Waals surface area contributed by atoms with E-state index in [0.717, 1.165) is 10.0 Å². The normalized spacial score (nSPS) is 17.0. The van der Waals surface area contributed by atoms with Gasteiger partial charge < -0.3 is 5.32 Å². The lowest BCUT2D eigenvalue weighted by molar-refractivity contribution is -0.126. The van der Waals surface area contributed by atoms with Crippen molar-refractivity contribution < 1.29 is 19.2 Å². The van der Waals surface area contributed by atoms with E-state index in [1.54, 1.807) is 60.7 Å². The average Bonchev–Trinajstić information content (AvgIpc) is 3.47. The molecule has 11 nitrogen and oxygen atoms in total. The second-order valence-electron chi connectivity index (χ2n) is 7.99. The number of benzene rings is 2. The second kappa shape index (κ2) is 12.9. The Hall–Kier alpha value is -4.36. The van der Waals surface area contributed by atoms with Gasteiger partial charge in [0.1, 0.15) is 0 Å². The number of hydrogen-bond donors (Lipinski definition) is 3. The fourth-order valence-corrected chi connectivity index (χ4v) is 5.09. The average molecular weight is 564 g/mol. The summed E-state index contributed by atoms with van der Waals surface area (Å²) in [4.78, 5) is 58.7. The van der Waals surface area contributed by atoms with Gasteiger partial charge in [0, 0.05) is 11.3 Å². The van der Waals surface area contributed by atoms with Gasteiger partial charge in [0.15, 0.2) is 10.3 Å². The number of amides is 4. The van der Waals surface area contributed by atoms with Crippen molar-refractivity contribution in [3.63, 3.8) is 0 Å². The number of rotatable bonds is 10. The van der Waals surface area contributed by atoms with Crippen molar-refractivity contribution in [2.45, 2.75) is 0 Å². The summed E-state index contributed by atoms with van der Waals surface area (Å²) in [5.41, 5.74) is 6.97. The molecule has 2 heterocycles. The molecular weight excluding hydrogens is 538 g/mol. The van der Waals surface area contributed by atoms with Crippen LogP contribution in [0.4, 0.5) is 11.4 Å². The molecule has 13 heteroatoms. The summed E-state index contributed by atoms with van der Waals surface area (Å²) in [5, 5.41) is 6.28. The highest BCUT2D eigenvalue weighted by Gasteiger charge is 2.31. The van der Waals surface area contributed by atoms with Crippen molar-refractivity contribution in [2.24, 2.45) is 9.98 Å². The highest BCUT2D eigenvalue weighted by molar-refractivity contribution is 8.15. The molecule has 3 N–H and O–H groups in total. The molecule has 0 saturated carbocycles. The van der Waals surface area contributed by atoms with E-state index in [0.29, 0.717) is 45.9 Å². The maximum absolute atomic E-state index is 13.1. The Labute approximate surface area is 233 Å². The van der Waals surface area contributed by atoms with E-state index in [9.17, 15) is 19.2 Å². The topological polar surface area (TPSA) is 136 Å². The highest BCUT2D eigenvalue weighted by atomic mass is 32.2. The van der Waals surface area contributed by atoms with Gasteiger partial charge in [0.2, 0.25) is 0 Å². The van der Waals surface area contributed by atoms with Gasteiger partial charge in [-0.25, -0.2) is 0 Å². The predicted octanol–water partition coefficient (Wildman–Crippen LogP) is 2.95. The summed E-state index contributed by atoms with van der Waals surface area (Å²) in [7, 11) is 0. The molecule has 2 aromatic rings. The summed E-state index contributed by atoms with van der Waals surface area (Å²) in [6.45, 7) is 7.88. The first kappa shape index (κ1) is 27.7. The van der Waals surface area contributed by atoms with Crippen LogP contribution in [0.25, 0.3) is 0 Å². The summed E-state index contributed by atoms with van der Waals surface area (Å²) in [6, 6.07) is 13.4. The third-order valence-electron chi connectivity index (χ3n) is 5.27. The van der Waals surface area contributed by atoms with Crippen LogP contribution in [0, 0.1) is 0 Å². The second-order valence-corrected chi connectivity index (χ2v) is 9.87. The zero-order chi connectivity index (χ0) is 27.8. The molecule has 2 saturated heterocycles. The van der Waals surface area contributed by atoms with Crippen molar-refractivity contribution in [3.05, 3.63) is 85.0 Å². The minimum atomic E-state index is -0.488. The van der Waals surface area contributed by atoms with E-state index >= 15 is 0 Å². The van der Waals surface area contributed by atoms with Crippen LogP contribution in [0.5, 0.6) is 0 Å². The number of hydrazine groups is 2. The maximum atomic E-state index is 13.1. The van der Waals surface area contributed by atoms with Crippen molar-refractivity contribution in [3.8, 4) is 0 Å². The Morgan fingerprint density at radius 3 is 1.92 bits per heavy atom. The van der Waals surface area contributed by atoms with Gasteiger partial charge >= 0.3 is 0 Å². The third kappa shape index (κ3) is 6.75. The Balaban J connectivity index is 1.43. The van der Waals surface area contributed by atoms with Crippen LogP contribution in [-0.2, 0) is 9.59 Å². The fourth-order valence-electron chi connectivity index (χ4n) is 3.44. The molecule has 0 atom stereocenters. The van der Waals surface area contributed by atoms with Crippen molar-refractivity contribution in [1.29, 1.82) is 0 Å². The van der Waals surface area contributed by atoms with Crippen LogP contribution < -0.4 is 16.2 Å². The van der Waals surface area contributed by atoms with E-state index in [2.05, 4.69) is 39.3 Å². The molecule has 0 aromatic heterocycles. The standard InChI is InChI=1S/C26H25N7O4S2/c1-3-13-27-25-32(21(34)15-38-25)30-23(36)17-9-11-18(12-10-17)29-20-8-6-5-7-19(20)24(37)31-33-22(35)16-39-26(33)28-14-4-2/h3-12,29H,1-2,13-16H2,(H,30,36)(H,31,37). The Kier molecular flexibility index (Phi) is 9.18. The maximum Gasteiger partial charge on any atom is 0.272 e.